The van der Waals surface area contributed by atoms with Gasteiger partial charge in [-0.2, -0.15) is 13.2 Å². The van der Waals surface area contributed by atoms with E-state index >= 15 is 0 Å². The Morgan fingerprint density at radius 2 is 1.55 bits per heavy atom. The van der Waals surface area contributed by atoms with E-state index in [0.717, 1.165) is 23.3 Å². The summed E-state index contributed by atoms with van der Waals surface area (Å²) in [6, 6.07) is 22.6. The van der Waals surface area contributed by atoms with E-state index in [2.05, 4.69) is 5.32 Å². The number of alkyl halides is 3. The zero-order chi connectivity index (χ0) is 21.8. The van der Waals surface area contributed by atoms with Crippen LogP contribution >= 0.6 is 0 Å². The molecule has 1 amide bonds. The van der Waals surface area contributed by atoms with Gasteiger partial charge in [0.2, 0.25) is 0 Å². The first kappa shape index (κ1) is 20.3. The standard InChI is InChI=1S/C24H16F3NO3/c25-24(26,27)18-10-13-21(20(15-18)28-23(29)22-7-4-14-30-22)31-19-11-8-17(9-12-19)16-5-2-1-3-6-16/h1-15H,(H,28,29). The van der Waals surface area contributed by atoms with Crippen LogP contribution in [0.4, 0.5) is 18.9 Å². The van der Waals surface area contributed by atoms with Crippen molar-refractivity contribution in [1.82, 2.24) is 0 Å². The van der Waals surface area contributed by atoms with Gasteiger partial charge in [0.05, 0.1) is 17.5 Å². The van der Waals surface area contributed by atoms with Crippen LogP contribution in [0.15, 0.2) is 95.6 Å². The summed E-state index contributed by atoms with van der Waals surface area (Å²) < 4.78 is 50.3. The second-order valence-corrected chi connectivity index (χ2v) is 6.63. The number of rotatable bonds is 5. The molecule has 0 saturated carbocycles. The van der Waals surface area contributed by atoms with E-state index in [1.807, 2.05) is 42.5 Å². The summed E-state index contributed by atoms with van der Waals surface area (Å²) in [7, 11) is 0. The molecule has 0 fully saturated rings. The minimum absolute atomic E-state index is 0.0319. The molecule has 0 aliphatic carbocycles. The first-order valence-electron chi connectivity index (χ1n) is 9.29. The van der Waals surface area contributed by atoms with E-state index in [1.54, 1.807) is 12.1 Å². The Hall–Kier alpha value is -4.00. The maximum atomic E-state index is 13.2. The van der Waals surface area contributed by atoms with Crippen LogP contribution in [0.25, 0.3) is 11.1 Å². The Balaban J connectivity index is 1.61. The number of ether oxygens (including phenoxy) is 1. The third-order valence-electron chi connectivity index (χ3n) is 4.49. The predicted octanol–water partition coefficient (Wildman–Crippen LogP) is 7.01. The van der Waals surface area contributed by atoms with Crippen molar-refractivity contribution in [2.45, 2.75) is 6.18 Å². The molecule has 0 radical (unpaired) electrons. The zero-order valence-electron chi connectivity index (χ0n) is 16.0. The SMILES string of the molecule is O=C(Nc1cc(C(F)(F)F)ccc1Oc1ccc(-c2ccccc2)cc1)c1ccco1. The highest BCUT2D eigenvalue weighted by Gasteiger charge is 2.31. The van der Waals surface area contributed by atoms with Crippen molar-refractivity contribution in [3.05, 3.63) is 103 Å². The van der Waals surface area contributed by atoms with Gasteiger partial charge in [-0.05, 0) is 53.6 Å². The first-order valence-corrected chi connectivity index (χ1v) is 9.29. The summed E-state index contributed by atoms with van der Waals surface area (Å²) in [5, 5.41) is 2.43. The van der Waals surface area contributed by atoms with E-state index in [-0.39, 0.29) is 17.2 Å². The van der Waals surface area contributed by atoms with Gasteiger partial charge in [-0.15, -0.1) is 0 Å². The summed E-state index contributed by atoms with van der Waals surface area (Å²) in [6.07, 6.45) is -3.27. The number of carbonyl (C=O) groups excluding carboxylic acids is 1. The van der Waals surface area contributed by atoms with Crippen molar-refractivity contribution in [2.75, 3.05) is 5.32 Å². The van der Waals surface area contributed by atoms with E-state index in [4.69, 9.17) is 9.15 Å². The van der Waals surface area contributed by atoms with E-state index < -0.39 is 17.6 Å². The number of anilines is 1. The van der Waals surface area contributed by atoms with Crippen molar-refractivity contribution in [3.63, 3.8) is 0 Å². The molecule has 0 bridgehead atoms. The molecule has 156 valence electrons. The number of halogens is 3. The lowest BCUT2D eigenvalue weighted by molar-refractivity contribution is -0.137. The highest BCUT2D eigenvalue weighted by Crippen LogP contribution is 2.37. The Bertz CT molecular complexity index is 1170. The maximum absolute atomic E-state index is 13.2. The van der Waals surface area contributed by atoms with E-state index in [0.29, 0.717) is 5.75 Å². The molecule has 0 aliphatic rings. The largest absolute Gasteiger partial charge is 0.459 e. The van der Waals surface area contributed by atoms with Gasteiger partial charge >= 0.3 is 6.18 Å². The lowest BCUT2D eigenvalue weighted by atomic mass is 10.1. The molecule has 0 saturated heterocycles. The molecular weight excluding hydrogens is 407 g/mol. The fourth-order valence-electron chi connectivity index (χ4n) is 2.96. The quantitative estimate of drug-likeness (QED) is 0.376. The minimum atomic E-state index is -4.57. The first-order chi connectivity index (χ1) is 14.9. The van der Waals surface area contributed by atoms with Gasteiger partial charge in [-0.1, -0.05) is 42.5 Å². The van der Waals surface area contributed by atoms with Crippen LogP contribution in [0, 0.1) is 0 Å². The smallest absolute Gasteiger partial charge is 0.416 e. The van der Waals surface area contributed by atoms with Crippen molar-refractivity contribution < 1.29 is 27.1 Å². The monoisotopic (exact) mass is 423 g/mol. The molecule has 4 aromatic rings. The highest BCUT2D eigenvalue weighted by molar-refractivity contribution is 6.03. The van der Waals surface area contributed by atoms with Crippen molar-refractivity contribution in [2.24, 2.45) is 0 Å². The van der Waals surface area contributed by atoms with Crippen molar-refractivity contribution in [3.8, 4) is 22.6 Å². The van der Waals surface area contributed by atoms with Crippen LogP contribution < -0.4 is 10.1 Å². The minimum Gasteiger partial charge on any atom is -0.459 e. The molecule has 1 N–H and O–H groups in total. The molecule has 31 heavy (non-hydrogen) atoms. The van der Waals surface area contributed by atoms with E-state index in [1.165, 1.54) is 24.5 Å². The van der Waals surface area contributed by atoms with Gasteiger partial charge in [0.1, 0.15) is 5.75 Å². The van der Waals surface area contributed by atoms with Gasteiger partial charge in [0, 0.05) is 0 Å². The lowest BCUT2D eigenvalue weighted by Crippen LogP contribution is -2.13. The Labute approximate surface area is 175 Å². The molecule has 1 aromatic heterocycles. The second-order valence-electron chi connectivity index (χ2n) is 6.63. The third kappa shape index (κ3) is 4.78. The average Bonchev–Trinajstić information content (AvgIpc) is 3.30. The van der Waals surface area contributed by atoms with Crippen molar-refractivity contribution >= 4 is 11.6 Å². The summed E-state index contributed by atoms with van der Waals surface area (Å²) in [5.74, 6) is -0.238. The van der Waals surface area contributed by atoms with Crippen molar-refractivity contribution in [1.29, 1.82) is 0 Å². The molecule has 0 unspecified atom stereocenters. The van der Waals surface area contributed by atoms with Crippen LogP contribution in [0.5, 0.6) is 11.5 Å². The Morgan fingerprint density at radius 3 is 2.19 bits per heavy atom. The average molecular weight is 423 g/mol. The molecule has 0 atom stereocenters. The molecule has 0 aliphatic heterocycles. The van der Waals surface area contributed by atoms with Crippen LogP contribution in [0.1, 0.15) is 16.1 Å². The summed E-state index contributed by atoms with van der Waals surface area (Å²) in [6.45, 7) is 0. The van der Waals surface area contributed by atoms with Crippen LogP contribution in [-0.4, -0.2) is 5.91 Å². The number of hydrogen-bond acceptors (Lipinski definition) is 3. The maximum Gasteiger partial charge on any atom is 0.416 e. The fourth-order valence-corrected chi connectivity index (χ4v) is 2.96. The van der Waals surface area contributed by atoms with Gasteiger partial charge in [0.15, 0.2) is 11.5 Å². The number of amides is 1. The molecular formula is C24H16F3NO3. The summed E-state index contributed by atoms with van der Waals surface area (Å²) in [5.41, 5.74) is 0.957. The number of hydrogen-bond donors (Lipinski definition) is 1. The fraction of sp³-hybridized carbons (Fsp3) is 0.0417. The van der Waals surface area contributed by atoms with Gasteiger partial charge in [-0.3, -0.25) is 4.79 Å². The Kier molecular flexibility index (Phi) is 5.49. The van der Waals surface area contributed by atoms with Gasteiger partial charge < -0.3 is 14.5 Å². The normalized spacial score (nSPS) is 11.2. The Morgan fingerprint density at radius 1 is 0.839 bits per heavy atom. The summed E-state index contributed by atoms with van der Waals surface area (Å²) in [4.78, 5) is 12.3. The number of benzene rings is 3. The molecule has 7 heteroatoms. The highest BCUT2D eigenvalue weighted by atomic mass is 19.4. The summed E-state index contributed by atoms with van der Waals surface area (Å²) >= 11 is 0. The third-order valence-corrected chi connectivity index (χ3v) is 4.49. The van der Waals surface area contributed by atoms with Gasteiger partial charge in [0.25, 0.3) is 5.91 Å². The molecule has 4 rings (SSSR count). The molecule has 3 aromatic carbocycles. The molecule has 4 nitrogen and oxygen atoms in total. The van der Waals surface area contributed by atoms with Crippen LogP contribution in [0.3, 0.4) is 0 Å². The number of nitrogens with one attached hydrogen (secondary N) is 1. The van der Waals surface area contributed by atoms with Crippen LogP contribution in [0.2, 0.25) is 0 Å². The topological polar surface area (TPSA) is 51.5 Å². The number of carbonyl (C=O) groups is 1. The molecule has 0 spiro atoms. The molecule has 1 heterocycles. The number of furan rings is 1. The zero-order valence-corrected chi connectivity index (χ0v) is 16.0. The predicted molar refractivity (Wildman–Crippen MR) is 110 cm³/mol. The van der Waals surface area contributed by atoms with E-state index in [9.17, 15) is 18.0 Å². The lowest BCUT2D eigenvalue weighted by Gasteiger charge is -2.15. The van der Waals surface area contributed by atoms with Crippen LogP contribution in [-0.2, 0) is 6.18 Å². The van der Waals surface area contributed by atoms with Gasteiger partial charge in [-0.25, -0.2) is 0 Å². The second kappa shape index (κ2) is 8.39.